The third kappa shape index (κ3) is 6.64. The van der Waals surface area contributed by atoms with Crippen molar-refractivity contribution in [1.82, 2.24) is 25.8 Å². The SMILES string of the molecule is CCNC(=NCC(=O)N(C)C)NCCNC(=O)c1scnc1C. The van der Waals surface area contributed by atoms with E-state index in [2.05, 4.69) is 25.9 Å². The van der Waals surface area contributed by atoms with Crippen LogP contribution in [0.1, 0.15) is 22.3 Å². The third-order valence-electron chi connectivity index (χ3n) is 2.87. The molecule has 1 aromatic heterocycles. The van der Waals surface area contributed by atoms with Crippen LogP contribution in [0, 0.1) is 6.92 Å². The van der Waals surface area contributed by atoms with E-state index in [0.717, 1.165) is 5.69 Å². The van der Waals surface area contributed by atoms with Gasteiger partial charge in [-0.3, -0.25) is 9.59 Å². The maximum atomic E-state index is 11.9. The lowest BCUT2D eigenvalue weighted by Gasteiger charge is -2.13. The Hall–Kier alpha value is -2.16. The normalized spacial score (nSPS) is 11.0. The fourth-order valence-corrected chi connectivity index (χ4v) is 2.31. The molecular formula is C14H24N6O2S. The van der Waals surface area contributed by atoms with Crippen LogP contribution < -0.4 is 16.0 Å². The van der Waals surface area contributed by atoms with E-state index in [1.165, 1.54) is 16.2 Å². The lowest BCUT2D eigenvalue weighted by Crippen LogP contribution is -2.42. The van der Waals surface area contributed by atoms with Gasteiger partial charge < -0.3 is 20.9 Å². The zero-order chi connectivity index (χ0) is 17.2. The molecule has 0 unspecified atom stereocenters. The highest BCUT2D eigenvalue weighted by molar-refractivity contribution is 7.11. The zero-order valence-electron chi connectivity index (χ0n) is 14.0. The second kappa shape index (κ2) is 9.78. The second-order valence-corrected chi connectivity index (χ2v) is 5.79. The summed E-state index contributed by atoms with van der Waals surface area (Å²) in [6.07, 6.45) is 0. The highest BCUT2D eigenvalue weighted by atomic mass is 32.1. The van der Waals surface area contributed by atoms with Crippen molar-refractivity contribution < 1.29 is 9.59 Å². The molecule has 0 aliphatic rings. The fourth-order valence-electron chi connectivity index (χ4n) is 1.59. The minimum Gasteiger partial charge on any atom is -0.357 e. The number of aromatic nitrogens is 1. The molecule has 0 saturated heterocycles. The maximum Gasteiger partial charge on any atom is 0.263 e. The Balaban J connectivity index is 2.38. The van der Waals surface area contributed by atoms with E-state index in [1.807, 2.05) is 6.92 Å². The van der Waals surface area contributed by atoms with Crippen LogP contribution in [0.3, 0.4) is 0 Å². The number of rotatable bonds is 7. The molecule has 128 valence electrons. The van der Waals surface area contributed by atoms with Crippen molar-refractivity contribution in [2.24, 2.45) is 4.99 Å². The summed E-state index contributed by atoms with van der Waals surface area (Å²) in [4.78, 5) is 33.8. The third-order valence-corrected chi connectivity index (χ3v) is 3.80. The smallest absolute Gasteiger partial charge is 0.263 e. The molecule has 0 bridgehead atoms. The molecule has 0 aliphatic heterocycles. The Kier molecular flexibility index (Phi) is 8.03. The van der Waals surface area contributed by atoms with Crippen LogP contribution >= 0.6 is 11.3 Å². The topological polar surface area (TPSA) is 98.7 Å². The molecule has 8 nitrogen and oxygen atoms in total. The van der Waals surface area contributed by atoms with Crippen LogP contribution in [-0.2, 0) is 4.79 Å². The quantitative estimate of drug-likeness (QED) is 0.363. The molecule has 0 aliphatic carbocycles. The van der Waals surface area contributed by atoms with Crippen molar-refractivity contribution >= 4 is 29.1 Å². The van der Waals surface area contributed by atoms with E-state index in [4.69, 9.17) is 0 Å². The Bertz CT molecular complexity index is 555. The number of likely N-dealkylation sites (N-methyl/N-ethyl adjacent to an activating group) is 1. The van der Waals surface area contributed by atoms with Crippen LogP contribution in [0.5, 0.6) is 0 Å². The molecule has 0 spiro atoms. The van der Waals surface area contributed by atoms with Crippen LogP contribution in [0.25, 0.3) is 0 Å². The van der Waals surface area contributed by atoms with E-state index in [9.17, 15) is 9.59 Å². The van der Waals surface area contributed by atoms with Crippen molar-refractivity contribution in [1.29, 1.82) is 0 Å². The standard InChI is InChI=1S/C14H24N6O2S/c1-5-15-14(18-8-11(21)20(3)4)17-7-6-16-13(22)12-10(2)19-9-23-12/h9H,5-8H2,1-4H3,(H,16,22)(H2,15,17,18). The van der Waals surface area contributed by atoms with Gasteiger partial charge in [-0.25, -0.2) is 9.98 Å². The average Bonchev–Trinajstić information content (AvgIpc) is 2.94. The number of nitrogens with one attached hydrogen (secondary N) is 3. The average molecular weight is 340 g/mol. The van der Waals surface area contributed by atoms with E-state index in [1.54, 1.807) is 26.5 Å². The van der Waals surface area contributed by atoms with Gasteiger partial charge in [-0.15, -0.1) is 11.3 Å². The van der Waals surface area contributed by atoms with Crippen molar-refractivity contribution in [2.75, 3.05) is 40.3 Å². The largest absolute Gasteiger partial charge is 0.357 e. The number of carbonyl (C=O) groups is 2. The lowest BCUT2D eigenvalue weighted by molar-refractivity contribution is -0.127. The molecule has 1 aromatic rings. The minimum absolute atomic E-state index is 0.0730. The van der Waals surface area contributed by atoms with Gasteiger partial charge >= 0.3 is 0 Å². The number of carbonyl (C=O) groups excluding carboxylic acids is 2. The first kappa shape index (κ1) is 18.9. The Morgan fingerprint density at radius 3 is 2.52 bits per heavy atom. The summed E-state index contributed by atoms with van der Waals surface area (Å²) in [5.74, 6) is 0.346. The van der Waals surface area contributed by atoms with Crippen molar-refractivity contribution in [3.05, 3.63) is 16.1 Å². The molecule has 1 heterocycles. The van der Waals surface area contributed by atoms with Crippen LogP contribution in [0.15, 0.2) is 10.5 Å². The van der Waals surface area contributed by atoms with Gasteiger partial charge in [0, 0.05) is 33.7 Å². The summed E-state index contributed by atoms with van der Waals surface area (Å²) in [5, 5.41) is 8.94. The van der Waals surface area contributed by atoms with E-state index in [0.29, 0.717) is 30.5 Å². The van der Waals surface area contributed by atoms with Gasteiger partial charge in [0.25, 0.3) is 5.91 Å². The highest BCUT2D eigenvalue weighted by Crippen LogP contribution is 2.10. The molecule has 0 atom stereocenters. The van der Waals surface area contributed by atoms with Gasteiger partial charge in [0.15, 0.2) is 5.96 Å². The monoisotopic (exact) mass is 340 g/mol. The van der Waals surface area contributed by atoms with E-state index in [-0.39, 0.29) is 18.4 Å². The highest BCUT2D eigenvalue weighted by Gasteiger charge is 2.10. The molecule has 2 amide bonds. The first-order valence-electron chi connectivity index (χ1n) is 7.36. The van der Waals surface area contributed by atoms with Gasteiger partial charge in [0.2, 0.25) is 5.91 Å². The molecule has 0 saturated carbocycles. The van der Waals surface area contributed by atoms with E-state index < -0.39 is 0 Å². The molecular weight excluding hydrogens is 316 g/mol. The number of nitrogens with zero attached hydrogens (tertiary/aromatic N) is 3. The Morgan fingerprint density at radius 2 is 1.96 bits per heavy atom. The summed E-state index contributed by atoms with van der Waals surface area (Å²) in [7, 11) is 3.38. The summed E-state index contributed by atoms with van der Waals surface area (Å²) >= 11 is 1.32. The number of aliphatic imine (C=N–C) groups is 1. The predicted octanol–water partition coefficient (Wildman–Crippen LogP) is -0.175. The molecule has 0 radical (unpaired) electrons. The second-order valence-electron chi connectivity index (χ2n) is 4.93. The summed E-state index contributed by atoms with van der Waals surface area (Å²) in [6.45, 7) is 5.47. The molecule has 9 heteroatoms. The number of aryl methyl sites for hydroxylation is 1. The summed E-state index contributed by atoms with van der Waals surface area (Å²) in [6, 6.07) is 0. The van der Waals surface area contributed by atoms with Gasteiger partial charge in [0.1, 0.15) is 11.4 Å². The van der Waals surface area contributed by atoms with Crippen LogP contribution in [-0.4, -0.2) is 67.9 Å². The summed E-state index contributed by atoms with van der Waals surface area (Å²) in [5.41, 5.74) is 2.39. The van der Waals surface area contributed by atoms with Crippen LogP contribution in [0.2, 0.25) is 0 Å². The number of thiazole rings is 1. The number of hydrogen-bond donors (Lipinski definition) is 3. The van der Waals surface area contributed by atoms with Crippen molar-refractivity contribution in [3.63, 3.8) is 0 Å². The van der Waals surface area contributed by atoms with Gasteiger partial charge in [0.05, 0.1) is 11.2 Å². The molecule has 1 rings (SSSR count). The minimum atomic E-state index is -0.128. The molecule has 0 fully saturated rings. The molecule has 23 heavy (non-hydrogen) atoms. The fraction of sp³-hybridized carbons (Fsp3) is 0.571. The lowest BCUT2D eigenvalue weighted by atomic mass is 10.4. The number of amides is 2. The van der Waals surface area contributed by atoms with Crippen LogP contribution in [0.4, 0.5) is 0 Å². The van der Waals surface area contributed by atoms with Gasteiger partial charge in [-0.05, 0) is 13.8 Å². The van der Waals surface area contributed by atoms with Crippen molar-refractivity contribution in [2.45, 2.75) is 13.8 Å². The Morgan fingerprint density at radius 1 is 1.26 bits per heavy atom. The maximum absolute atomic E-state index is 11.9. The van der Waals surface area contributed by atoms with Gasteiger partial charge in [-0.1, -0.05) is 0 Å². The summed E-state index contributed by atoms with van der Waals surface area (Å²) < 4.78 is 0. The number of guanidine groups is 1. The van der Waals surface area contributed by atoms with E-state index >= 15 is 0 Å². The number of hydrogen-bond acceptors (Lipinski definition) is 5. The first-order valence-corrected chi connectivity index (χ1v) is 8.24. The van der Waals surface area contributed by atoms with Crippen molar-refractivity contribution in [3.8, 4) is 0 Å². The Labute approximate surface area is 140 Å². The molecule has 3 N–H and O–H groups in total. The molecule has 0 aromatic carbocycles. The van der Waals surface area contributed by atoms with Gasteiger partial charge in [-0.2, -0.15) is 0 Å². The zero-order valence-corrected chi connectivity index (χ0v) is 14.8. The first-order chi connectivity index (χ1) is 11.0. The predicted molar refractivity (Wildman–Crippen MR) is 91.9 cm³/mol.